The number of nitrogens with one attached hydrogen (secondary N) is 1. The van der Waals surface area contributed by atoms with Crippen molar-refractivity contribution < 1.29 is 13.0 Å². The first kappa shape index (κ1) is 21.3. The molecular weight excluding hydrogens is 439 g/mol. The molecule has 0 saturated carbocycles. The Balaban J connectivity index is 2.09. The number of aryl methyl sites for hydroxylation is 3. The molecule has 0 atom stereocenters. The molecule has 152 valence electrons. The molecule has 8 nitrogen and oxygen atoms in total. The minimum absolute atomic E-state index is 0.0666. The number of benzene rings is 2. The van der Waals surface area contributed by atoms with E-state index in [0.717, 1.165) is 27.9 Å². The molecule has 0 aliphatic rings. The van der Waals surface area contributed by atoms with Crippen LogP contribution in [0.25, 0.3) is 5.69 Å². The van der Waals surface area contributed by atoms with Crippen molar-refractivity contribution in [2.75, 3.05) is 0 Å². The topological polar surface area (TPSA) is 117 Å². The Hall–Kier alpha value is -2.46. The van der Waals surface area contributed by atoms with Crippen molar-refractivity contribution in [3.63, 3.8) is 0 Å². The molecule has 0 aliphatic heterocycles. The third-order valence-corrected chi connectivity index (χ3v) is 5.80. The summed E-state index contributed by atoms with van der Waals surface area (Å²) in [6.45, 7) is 5.45. The average molecular weight is 455 g/mol. The first-order valence-electron chi connectivity index (χ1n) is 8.26. The molecular formula is C18H16Cl2N4O4S. The number of rotatable bonds is 4. The molecule has 1 heterocycles. The van der Waals surface area contributed by atoms with Crippen molar-refractivity contribution in [1.82, 2.24) is 9.78 Å². The van der Waals surface area contributed by atoms with Gasteiger partial charge in [-0.2, -0.15) is 13.5 Å². The van der Waals surface area contributed by atoms with Crippen LogP contribution in [0.2, 0.25) is 10.0 Å². The molecule has 3 rings (SSSR count). The van der Waals surface area contributed by atoms with Crippen molar-refractivity contribution in [3.8, 4) is 5.69 Å². The predicted octanol–water partition coefficient (Wildman–Crippen LogP) is 5.06. The summed E-state index contributed by atoms with van der Waals surface area (Å²) in [5, 5.41) is 10.7. The van der Waals surface area contributed by atoms with E-state index in [-0.39, 0.29) is 21.4 Å². The summed E-state index contributed by atoms with van der Waals surface area (Å²) < 4.78 is 33.0. The minimum Gasteiger partial charge on any atom is -0.293 e. The van der Waals surface area contributed by atoms with E-state index < -0.39 is 20.6 Å². The van der Waals surface area contributed by atoms with E-state index in [1.54, 1.807) is 6.92 Å². The number of H-pyrrole nitrogens is 1. The van der Waals surface area contributed by atoms with Gasteiger partial charge in [0.15, 0.2) is 5.69 Å². The summed E-state index contributed by atoms with van der Waals surface area (Å²) in [6, 6.07) is 7.84. The Morgan fingerprint density at radius 2 is 1.72 bits per heavy atom. The van der Waals surface area contributed by atoms with Gasteiger partial charge in [0.05, 0.1) is 27.1 Å². The summed E-state index contributed by atoms with van der Waals surface area (Å²) in [5.41, 5.74) is 2.60. The fourth-order valence-electron chi connectivity index (χ4n) is 2.64. The first-order chi connectivity index (χ1) is 13.5. The second-order valence-corrected chi connectivity index (χ2v) is 8.63. The maximum atomic E-state index is 12.8. The lowest BCUT2D eigenvalue weighted by Crippen LogP contribution is -2.15. The largest absolute Gasteiger partial charge is 0.299 e. The number of aromatic nitrogens is 2. The summed E-state index contributed by atoms with van der Waals surface area (Å²) in [6.07, 6.45) is 0. The first-order valence-corrected chi connectivity index (χ1v) is 10.5. The van der Waals surface area contributed by atoms with E-state index in [0.29, 0.717) is 11.4 Å². The van der Waals surface area contributed by atoms with Gasteiger partial charge in [0.25, 0.3) is 15.7 Å². The quantitative estimate of drug-likeness (QED) is 0.422. The van der Waals surface area contributed by atoms with Crippen LogP contribution in [-0.2, 0) is 10.1 Å². The van der Waals surface area contributed by atoms with Crippen LogP contribution in [0.3, 0.4) is 0 Å². The third kappa shape index (κ3) is 4.27. The second kappa shape index (κ2) is 7.75. The zero-order valence-electron chi connectivity index (χ0n) is 15.6. The third-order valence-electron chi connectivity index (χ3n) is 4.18. The molecule has 3 aromatic rings. The Morgan fingerprint density at radius 1 is 1.03 bits per heavy atom. The molecule has 0 radical (unpaired) electrons. The number of azo groups is 1. The highest BCUT2D eigenvalue weighted by Gasteiger charge is 2.21. The van der Waals surface area contributed by atoms with E-state index in [4.69, 9.17) is 23.2 Å². The normalized spacial score (nSPS) is 12.1. The summed E-state index contributed by atoms with van der Waals surface area (Å²) in [7, 11) is -4.56. The average Bonchev–Trinajstić information content (AvgIpc) is 2.90. The Bertz CT molecular complexity index is 1310. The lowest BCUT2D eigenvalue weighted by molar-refractivity contribution is 0.483. The van der Waals surface area contributed by atoms with E-state index in [1.807, 2.05) is 32.0 Å². The predicted molar refractivity (Wildman–Crippen MR) is 111 cm³/mol. The number of nitrogens with zero attached hydrogens (tertiary/aromatic N) is 3. The van der Waals surface area contributed by atoms with Crippen molar-refractivity contribution in [3.05, 3.63) is 67.6 Å². The van der Waals surface area contributed by atoms with Crippen LogP contribution in [0.1, 0.15) is 16.8 Å². The molecule has 29 heavy (non-hydrogen) atoms. The zero-order valence-corrected chi connectivity index (χ0v) is 17.9. The van der Waals surface area contributed by atoms with Gasteiger partial charge in [0.1, 0.15) is 4.90 Å². The van der Waals surface area contributed by atoms with E-state index in [2.05, 4.69) is 15.3 Å². The maximum absolute atomic E-state index is 12.8. The molecule has 1 aromatic heterocycles. The number of hydrogen-bond acceptors (Lipinski definition) is 5. The fourth-order valence-corrected chi connectivity index (χ4v) is 3.98. The molecule has 11 heteroatoms. The Morgan fingerprint density at radius 3 is 2.38 bits per heavy atom. The van der Waals surface area contributed by atoms with Gasteiger partial charge in [-0.1, -0.05) is 35.3 Å². The lowest BCUT2D eigenvalue weighted by atomic mass is 10.1. The van der Waals surface area contributed by atoms with Gasteiger partial charge < -0.3 is 0 Å². The van der Waals surface area contributed by atoms with Crippen LogP contribution >= 0.6 is 23.2 Å². The number of aromatic amines is 1. The second-order valence-electron chi connectivity index (χ2n) is 6.43. The monoisotopic (exact) mass is 454 g/mol. The Labute approximate surface area is 176 Å². The summed E-state index contributed by atoms with van der Waals surface area (Å²) in [4.78, 5) is 12.3. The van der Waals surface area contributed by atoms with Gasteiger partial charge in [-0.3, -0.25) is 14.4 Å². The smallest absolute Gasteiger partial charge is 0.293 e. The van der Waals surface area contributed by atoms with Gasteiger partial charge in [-0.15, -0.1) is 5.11 Å². The van der Waals surface area contributed by atoms with Crippen molar-refractivity contribution in [1.29, 1.82) is 0 Å². The number of hydrogen-bond donors (Lipinski definition) is 2. The van der Waals surface area contributed by atoms with Gasteiger partial charge in [0.2, 0.25) is 0 Å². The number of halogens is 2. The fraction of sp³-hybridized carbons (Fsp3) is 0.167. The van der Waals surface area contributed by atoms with E-state index in [1.165, 1.54) is 0 Å². The molecule has 0 amide bonds. The summed E-state index contributed by atoms with van der Waals surface area (Å²) in [5.74, 6) is 0. The van der Waals surface area contributed by atoms with Gasteiger partial charge in [-0.25, -0.2) is 4.68 Å². The lowest BCUT2D eigenvalue weighted by Gasteiger charge is -2.08. The molecule has 0 spiro atoms. The highest BCUT2D eigenvalue weighted by atomic mass is 35.5. The molecule has 0 fully saturated rings. The standard InChI is InChI=1S/C18H16Cl2N4O4S/c1-9-4-5-10(2)14(6-9)21-22-17-11(3)23-24(18(17)25)15-7-13(20)16(8-12(15)19)29(26,27)28/h4-8,23H,1-3H3,(H,26,27,28). The van der Waals surface area contributed by atoms with Crippen molar-refractivity contribution in [2.24, 2.45) is 10.2 Å². The van der Waals surface area contributed by atoms with Crippen LogP contribution in [0.5, 0.6) is 0 Å². The van der Waals surface area contributed by atoms with Gasteiger partial charge >= 0.3 is 0 Å². The molecule has 0 saturated heterocycles. The molecule has 0 unspecified atom stereocenters. The highest BCUT2D eigenvalue weighted by Crippen LogP contribution is 2.31. The van der Waals surface area contributed by atoms with Crippen LogP contribution in [0.15, 0.2) is 50.3 Å². The van der Waals surface area contributed by atoms with Crippen LogP contribution in [0.4, 0.5) is 11.4 Å². The van der Waals surface area contributed by atoms with Crippen LogP contribution < -0.4 is 5.56 Å². The van der Waals surface area contributed by atoms with Crippen LogP contribution in [-0.4, -0.2) is 22.8 Å². The van der Waals surface area contributed by atoms with Gasteiger partial charge in [0, 0.05) is 0 Å². The zero-order chi connectivity index (χ0) is 21.5. The molecule has 0 bridgehead atoms. The van der Waals surface area contributed by atoms with E-state index in [9.17, 15) is 17.8 Å². The van der Waals surface area contributed by atoms with Gasteiger partial charge in [-0.05, 0) is 50.1 Å². The summed E-state index contributed by atoms with van der Waals surface area (Å²) >= 11 is 12.1. The highest BCUT2D eigenvalue weighted by molar-refractivity contribution is 7.86. The minimum atomic E-state index is -4.56. The maximum Gasteiger partial charge on any atom is 0.299 e. The van der Waals surface area contributed by atoms with E-state index >= 15 is 0 Å². The SMILES string of the molecule is Cc1ccc(C)c(N=Nc2c(C)[nH]n(-c3cc(Cl)c(S(=O)(=O)O)cc3Cl)c2=O)c1. The molecule has 2 aromatic carbocycles. The molecule has 0 aliphatic carbocycles. The van der Waals surface area contributed by atoms with Crippen molar-refractivity contribution in [2.45, 2.75) is 25.7 Å². The van der Waals surface area contributed by atoms with Crippen molar-refractivity contribution >= 4 is 44.7 Å². The Kier molecular flexibility index (Phi) is 5.68. The van der Waals surface area contributed by atoms with Crippen LogP contribution in [0, 0.1) is 20.8 Å². The molecule has 2 N–H and O–H groups in total.